The Hall–Kier alpha value is -1.25. The molecule has 0 aliphatic heterocycles. The Kier molecular flexibility index (Phi) is 7.12. The number of hydrogen-bond donors (Lipinski definition) is 1. The molecule has 0 spiro atoms. The molecule has 1 rings (SSSR count). The minimum atomic E-state index is -2.24. The topological polar surface area (TPSA) is 108 Å². The largest absolute Gasteiger partial charge is 0.458 e. The monoisotopic (exact) mass is 403 g/mol. The maximum Gasteiger partial charge on any atom is 0.303 e. The molecule has 1 aliphatic rings. The number of halogens is 3. The summed E-state index contributed by atoms with van der Waals surface area (Å²) in [6, 6.07) is -0.884. The van der Waals surface area contributed by atoms with Gasteiger partial charge in [0.2, 0.25) is 0 Å². The number of rotatable bonds is 4. The smallest absolute Gasteiger partial charge is 0.303 e. The summed E-state index contributed by atoms with van der Waals surface area (Å²) in [6.45, 7) is 3.44. The van der Waals surface area contributed by atoms with Crippen molar-refractivity contribution < 1.29 is 33.4 Å². The van der Waals surface area contributed by atoms with Crippen molar-refractivity contribution in [3.63, 3.8) is 0 Å². The summed E-state index contributed by atoms with van der Waals surface area (Å²) in [5, 5.41) is 2.39. The second kappa shape index (κ2) is 8.22. The first-order valence-corrected chi connectivity index (χ1v) is 7.94. The summed E-state index contributed by atoms with van der Waals surface area (Å²) in [5.74, 6) is -2.96. The van der Waals surface area contributed by atoms with Crippen molar-refractivity contribution in [1.82, 2.24) is 5.32 Å². The lowest BCUT2D eigenvalue weighted by molar-refractivity contribution is -0.175. The maximum absolute atomic E-state index is 11.8. The lowest BCUT2D eigenvalue weighted by atomic mass is 10.2. The molecule has 0 aromatic carbocycles. The molecule has 1 amide bonds. The van der Waals surface area contributed by atoms with Gasteiger partial charge in [0.15, 0.2) is 12.2 Å². The van der Waals surface area contributed by atoms with Crippen LogP contribution in [0, 0.1) is 0 Å². The maximum atomic E-state index is 11.8. The van der Waals surface area contributed by atoms with Gasteiger partial charge in [0, 0.05) is 27.2 Å². The number of nitrogens with one attached hydrogen (secondary N) is 1. The van der Waals surface area contributed by atoms with Crippen LogP contribution >= 0.6 is 34.8 Å². The van der Waals surface area contributed by atoms with E-state index in [4.69, 9.17) is 49.0 Å². The Balaban J connectivity index is 3.06. The zero-order valence-corrected chi connectivity index (χ0v) is 15.3. The molecular formula is C13H16Cl3NO7. The van der Waals surface area contributed by atoms with Crippen LogP contribution in [-0.2, 0) is 33.4 Å². The van der Waals surface area contributed by atoms with Gasteiger partial charge in [-0.1, -0.05) is 34.8 Å². The Morgan fingerprint density at radius 1 is 0.875 bits per heavy atom. The standard InChI is InChI=1S/C13H16Cl3NO7/c1-5(18)22-9-4-8(17-12(21)13(14,15)16)10(23-6(2)19)11(9)24-7(3)20/h8-11H,4H2,1-3H3,(H,17,21)/t8-,9+,10+,11-/m1/s1. The Morgan fingerprint density at radius 3 is 1.75 bits per heavy atom. The minimum absolute atomic E-state index is 0.00194. The lowest BCUT2D eigenvalue weighted by Crippen LogP contribution is -2.49. The van der Waals surface area contributed by atoms with E-state index in [0.717, 1.165) is 13.8 Å². The van der Waals surface area contributed by atoms with Gasteiger partial charge >= 0.3 is 17.9 Å². The van der Waals surface area contributed by atoms with Crippen LogP contribution in [0.1, 0.15) is 27.2 Å². The lowest BCUT2D eigenvalue weighted by Gasteiger charge is -2.26. The van der Waals surface area contributed by atoms with E-state index in [-0.39, 0.29) is 6.42 Å². The number of carbonyl (C=O) groups excluding carboxylic acids is 4. The second-order valence-corrected chi connectivity index (χ2v) is 7.39. The van der Waals surface area contributed by atoms with E-state index < -0.39 is 52.0 Å². The van der Waals surface area contributed by atoms with Crippen molar-refractivity contribution in [1.29, 1.82) is 0 Å². The molecule has 0 aromatic rings. The summed E-state index contributed by atoms with van der Waals surface area (Å²) in [4.78, 5) is 45.7. The van der Waals surface area contributed by atoms with Crippen LogP contribution in [0.25, 0.3) is 0 Å². The quantitative estimate of drug-likeness (QED) is 0.424. The first-order valence-electron chi connectivity index (χ1n) is 6.81. The Labute approximate surface area is 153 Å². The molecule has 8 nitrogen and oxygen atoms in total. The summed E-state index contributed by atoms with van der Waals surface area (Å²) in [6.07, 6.45) is -3.14. The van der Waals surface area contributed by atoms with Crippen LogP contribution in [-0.4, -0.2) is 52.0 Å². The van der Waals surface area contributed by atoms with E-state index in [0.29, 0.717) is 0 Å². The number of ether oxygens (including phenoxy) is 3. The van der Waals surface area contributed by atoms with E-state index in [1.807, 2.05) is 0 Å². The molecule has 11 heteroatoms. The predicted octanol–water partition coefficient (Wildman–Crippen LogP) is 1.04. The summed E-state index contributed by atoms with van der Waals surface area (Å²) >= 11 is 16.5. The molecule has 0 heterocycles. The highest BCUT2D eigenvalue weighted by Gasteiger charge is 2.51. The fourth-order valence-electron chi connectivity index (χ4n) is 2.35. The number of esters is 3. The third kappa shape index (κ3) is 5.99. The SMILES string of the molecule is CC(=O)O[C@@H]1[C@H](OC(C)=O)[C@@H](OC(C)=O)C[C@H]1NC(=O)C(Cl)(Cl)Cl. The van der Waals surface area contributed by atoms with Gasteiger partial charge in [-0.2, -0.15) is 0 Å². The van der Waals surface area contributed by atoms with Gasteiger partial charge in [-0.25, -0.2) is 0 Å². The summed E-state index contributed by atoms with van der Waals surface area (Å²) < 4.78 is 13.0. The van der Waals surface area contributed by atoms with Crippen molar-refractivity contribution in [2.24, 2.45) is 0 Å². The molecule has 0 saturated heterocycles. The van der Waals surface area contributed by atoms with Crippen LogP contribution < -0.4 is 5.32 Å². The van der Waals surface area contributed by atoms with E-state index in [1.54, 1.807) is 0 Å². The van der Waals surface area contributed by atoms with Crippen LogP contribution in [0.3, 0.4) is 0 Å². The van der Waals surface area contributed by atoms with E-state index in [1.165, 1.54) is 6.92 Å². The fourth-order valence-corrected chi connectivity index (χ4v) is 2.52. The average Bonchev–Trinajstić information content (AvgIpc) is 2.65. The molecule has 4 atom stereocenters. The highest BCUT2D eigenvalue weighted by molar-refractivity contribution is 6.76. The highest BCUT2D eigenvalue weighted by Crippen LogP contribution is 2.32. The molecule has 0 unspecified atom stereocenters. The van der Waals surface area contributed by atoms with Gasteiger partial charge in [0.05, 0.1) is 6.04 Å². The molecule has 0 radical (unpaired) electrons. The van der Waals surface area contributed by atoms with Crippen LogP contribution in [0.2, 0.25) is 0 Å². The first-order chi connectivity index (χ1) is 10.9. The normalized spacial score (nSPS) is 26.4. The Bertz CT molecular complexity index is 534. The van der Waals surface area contributed by atoms with Crippen molar-refractivity contribution in [2.45, 2.75) is 55.3 Å². The zero-order valence-electron chi connectivity index (χ0n) is 13.0. The van der Waals surface area contributed by atoms with Crippen molar-refractivity contribution in [3.8, 4) is 0 Å². The molecule has 1 saturated carbocycles. The van der Waals surface area contributed by atoms with Crippen LogP contribution in [0.5, 0.6) is 0 Å². The molecule has 0 aromatic heterocycles. The predicted molar refractivity (Wildman–Crippen MR) is 83.5 cm³/mol. The number of hydrogen-bond acceptors (Lipinski definition) is 7. The van der Waals surface area contributed by atoms with Gasteiger partial charge < -0.3 is 19.5 Å². The van der Waals surface area contributed by atoms with Crippen molar-refractivity contribution in [2.75, 3.05) is 0 Å². The van der Waals surface area contributed by atoms with Crippen molar-refractivity contribution in [3.05, 3.63) is 0 Å². The number of alkyl halides is 3. The molecule has 1 fully saturated rings. The van der Waals surface area contributed by atoms with E-state index in [9.17, 15) is 19.2 Å². The second-order valence-electron chi connectivity index (χ2n) is 5.11. The molecule has 136 valence electrons. The minimum Gasteiger partial charge on any atom is -0.458 e. The van der Waals surface area contributed by atoms with Gasteiger partial charge in [0.25, 0.3) is 9.70 Å². The van der Waals surface area contributed by atoms with Gasteiger partial charge in [-0.05, 0) is 0 Å². The van der Waals surface area contributed by atoms with E-state index >= 15 is 0 Å². The molecule has 1 N–H and O–H groups in total. The van der Waals surface area contributed by atoms with Gasteiger partial charge in [-0.3, -0.25) is 19.2 Å². The molecule has 24 heavy (non-hydrogen) atoms. The number of carbonyl (C=O) groups is 4. The summed E-state index contributed by atoms with van der Waals surface area (Å²) in [5.41, 5.74) is 0. The molecule has 0 bridgehead atoms. The van der Waals surface area contributed by atoms with Gasteiger partial charge in [0.1, 0.15) is 6.10 Å². The number of amides is 1. The molecule has 1 aliphatic carbocycles. The summed E-state index contributed by atoms with van der Waals surface area (Å²) in [7, 11) is 0. The van der Waals surface area contributed by atoms with Crippen LogP contribution in [0.4, 0.5) is 0 Å². The third-order valence-electron chi connectivity index (χ3n) is 3.07. The highest BCUT2D eigenvalue weighted by atomic mass is 35.6. The molecular weight excluding hydrogens is 389 g/mol. The first kappa shape index (κ1) is 20.8. The third-order valence-corrected chi connectivity index (χ3v) is 3.58. The van der Waals surface area contributed by atoms with Crippen LogP contribution in [0.15, 0.2) is 0 Å². The zero-order chi connectivity index (χ0) is 18.7. The van der Waals surface area contributed by atoms with Crippen molar-refractivity contribution >= 4 is 58.6 Å². The Morgan fingerprint density at radius 2 is 1.33 bits per heavy atom. The van der Waals surface area contributed by atoms with E-state index in [2.05, 4.69) is 5.32 Å². The average molecular weight is 405 g/mol. The van der Waals surface area contributed by atoms with Gasteiger partial charge in [-0.15, -0.1) is 0 Å². The fraction of sp³-hybridized carbons (Fsp3) is 0.692.